The molecule has 0 radical (unpaired) electrons. The van der Waals surface area contributed by atoms with Gasteiger partial charge in [-0.1, -0.05) is 15.9 Å². The van der Waals surface area contributed by atoms with Gasteiger partial charge in [-0.05, 0) is 18.2 Å². The Morgan fingerprint density at radius 1 is 1.25 bits per heavy atom. The van der Waals surface area contributed by atoms with Gasteiger partial charge in [0.2, 0.25) is 11.5 Å². The van der Waals surface area contributed by atoms with Crippen LogP contribution in [0.5, 0.6) is 0 Å². The Hall–Kier alpha value is -2.23. The molecule has 1 saturated heterocycles. The number of aromatic nitrogens is 2. The van der Waals surface area contributed by atoms with Gasteiger partial charge in [-0.25, -0.2) is 4.98 Å². The number of benzene rings is 1. The lowest BCUT2D eigenvalue weighted by Crippen LogP contribution is -2.49. The van der Waals surface area contributed by atoms with Crippen LogP contribution in [0.25, 0.3) is 22.1 Å². The number of hydrogen-bond acceptors (Lipinski definition) is 6. The quantitative estimate of drug-likeness (QED) is 0.654. The van der Waals surface area contributed by atoms with Crippen molar-refractivity contribution in [3.05, 3.63) is 38.9 Å². The van der Waals surface area contributed by atoms with Gasteiger partial charge >= 0.3 is 0 Å². The molecule has 1 aliphatic rings. The van der Waals surface area contributed by atoms with Crippen molar-refractivity contribution in [1.82, 2.24) is 24.7 Å². The number of nitrogens with zero attached hydrogens (tertiary/aromatic N) is 4. The number of nitrogens with one attached hydrogen (secondary N) is 1. The third kappa shape index (κ3) is 3.82. The van der Waals surface area contributed by atoms with Gasteiger partial charge in [0.15, 0.2) is 0 Å². The molecule has 0 spiro atoms. The molecule has 9 heteroatoms. The van der Waals surface area contributed by atoms with Crippen LogP contribution in [0.4, 0.5) is 0 Å². The van der Waals surface area contributed by atoms with Crippen molar-refractivity contribution in [2.24, 2.45) is 0 Å². The molecule has 3 heterocycles. The van der Waals surface area contributed by atoms with Gasteiger partial charge in [0.05, 0.1) is 13.1 Å². The van der Waals surface area contributed by atoms with Crippen LogP contribution in [0.2, 0.25) is 0 Å². The highest BCUT2D eigenvalue weighted by atomic mass is 79.9. The normalized spacial score (nSPS) is 16.1. The Balaban J connectivity index is 1.50. The second-order valence-corrected chi connectivity index (χ2v) is 8.19. The Labute approximate surface area is 170 Å². The summed E-state index contributed by atoms with van der Waals surface area (Å²) in [6.45, 7) is 4.26. The number of amides is 1. The molecule has 1 aromatic carbocycles. The van der Waals surface area contributed by atoms with E-state index in [1.807, 2.05) is 18.2 Å². The zero-order valence-electron chi connectivity index (χ0n) is 15.9. The molecular weight excluding hydrogens is 426 g/mol. The predicted octanol–water partition coefficient (Wildman–Crippen LogP) is 1.64. The molecule has 3 aromatic rings. The average Bonchev–Trinajstić information content (AvgIpc) is 3.02. The minimum atomic E-state index is -0.262. The molecule has 1 aliphatic heterocycles. The molecule has 8 nitrogen and oxygen atoms in total. The highest BCUT2D eigenvalue weighted by Crippen LogP contribution is 2.27. The monoisotopic (exact) mass is 447 g/mol. The van der Waals surface area contributed by atoms with Crippen molar-refractivity contribution >= 4 is 43.9 Å². The number of likely N-dealkylation sites (N-methyl/N-ethyl adjacent to an activating group) is 1. The van der Waals surface area contributed by atoms with E-state index in [2.05, 4.69) is 35.7 Å². The van der Waals surface area contributed by atoms with Crippen LogP contribution in [0.3, 0.4) is 0 Å². The number of aromatic amines is 1. The minimum Gasteiger partial charge on any atom is -0.449 e. The van der Waals surface area contributed by atoms with Crippen molar-refractivity contribution in [3.63, 3.8) is 0 Å². The first-order chi connectivity index (χ1) is 13.4. The molecule has 1 N–H and O–H groups in total. The summed E-state index contributed by atoms with van der Waals surface area (Å²) in [4.78, 5) is 37.8. The Morgan fingerprint density at radius 3 is 2.68 bits per heavy atom. The zero-order valence-corrected chi connectivity index (χ0v) is 17.5. The number of piperazine rings is 1. The summed E-state index contributed by atoms with van der Waals surface area (Å²) in [7, 11) is 3.55. The maximum Gasteiger partial charge on any atom is 0.294 e. The van der Waals surface area contributed by atoms with Crippen molar-refractivity contribution in [1.29, 1.82) is 0 Å². The minimum absolute atomic E-state index is 0.114. The van der Waals surface area contributed by atoms with E-state index in [1.54, 1.807) is 19.0 Å². The molecule has 0 aliphatic carbocycles. The van der Waals surface area contributed by atoms with Crippen LogP contribution in [-0.2, 0) is 11.3 Å². The molecular formula is C19H22BrN5O3. The summed E-state index contributed by atoms with van der Waals surface area (Å²) in [5.41, 5.74) is 1.23. The van der Waals surface area contributed by atoms with Crippen molar-refractivity contribution in [3.8, 4) is 0 Å². The van der Waals surface area contributed by atoms with Crippen molar-refractivity contribution in [2.45, 2.75) is 6.54 Å². The summed E-state index contributed by atoms with van der Waals surface area (Å²) < 4.78 is 6.58. The van der Waals surface area contributed by atoms with E-state index in [-0.39, 0.29) is 17.0 Å². The van der Waals surface area contributed by atoms with Crippen molar-refractivity contribution < 1.29 is 9.21 Å². The van der Waals surface area contributed by atoms with E-state index in [1.165, 1.54) is 0 Å². The number of fused-ring (bicyclic) bond motifs is 3. The smallest absolute Gasteiger partial charge is 0.294 e. The standard InChI is InChI=1S/C19H22BrN5O3/c1-23(2)16(26)11-25-7-5-24(6-8-25)10-15-21-17-13-9-12(20)3-4-14(13)28-18(17)19(27)22-15/h3-4,9H,5-8,10-11H2,1-2H3,(H,21,22,27). The van der Waals surface area contributed by atoms with E-state index in [0.29, 0.717) is 30.0 Å². The highest BCUT2D eigenvalue weighted by Gasteiger charge is 2.21. The van der Waals surface area contributed by atoms with Crippen LogP contribution in [-0.4, -0.2) is 77.4 Å². The van der Waals surface area contributed by atoms with Crippen LogP contribution in [0.15, 0.2) is 31.9 Å². The third-order valence-electron chi connectivity index (χ3n) is 5.03. The van der Waals surface area contributed by atoms with Crippen LogP contribution >= 0.6 is 15.9 Å². The number of carbonyl (C=O) groups is 1. The SMILES string of the molecule is CN(C)C(=O)CN1CCN(Cc2nc3c(oc4ccc(Br)cc43)c(=O)[nH]2)CC1. The summed E-state index contributed by atoms with van der Waals surface area (Å²) in [5.74, 6) is 0.737. The second kappa shape index (κ2) is 7.65. The lowest BCUT2D eigenvalue weighted by Gasteiger charge is -2.34. The average molecular weight is 448 g/mol. The number of H-pyrrole nitrogens is 1. The van der Waals surface area contributed by atoms with E-state index < -0.39 is 0 Å². The van der Waals surface area contributed by atoms with Gasteiger partial charge in [0, 0.05) is 50.1 Å². The van der Waals surface area contributed by atoms with Crippen LogP contribution < -0.4 is 5.56 Å². The van der Waals surface area contributed by atoms with E-state index >= 15 is 0 Å². The van der Waals surface area contributed by atoms with E-state index in [9.17, 15) is 9.59 Å². The molecule has 1 amide bonds. The van der Waals surface area contributed by atoms with Gasteiger partial charge in [0.25, 0.3) is 5.56 Å². The maximum absolute atomic E-state index is 12.5. The van der Waals surface area contributed by atoms with Gasteiger partial charge in [-0.2, -0.15) is 0 Å². The Morgan fingerprint density at radius 2 is 1.96 bits per heavy atom. The summed E-state index contributed by atoms with van der Waals surface area (Å²) >= 11 is 3.46. The Bertz CT molecular complexity index is 1080. The van der Waals surface area contributed by atoms with Gasteiger partial charge in [0.1, 0.15) is 16.9 Å². The highest BCUT2D eigenvalue weighted by molar-refractivity contribution is 9.10. The predicted molar refractivity (Wildman–Crippen MR) is 110 cm³/mol. The maximum atomic E-state index is 12.5. The lowest BCUT2D eigenvalue weighted by atomic mass is 10.2. The molecule has 0 saturated carbocycles. The summed E-state index contributed by atoms with van der Waals surface area (Å²) in [6.07, 6.45) is 0. The molecule has 4 rings (SSSR count). The van der Waals surface area contributed by atoms with E-state index in [4.69, 9.17) is 4.42 Å². The molecule has 2 aromatic heterocycles. The van der Waals surface area contributed by atoms with Gasteiger partial charge in [-0.15, -0.1) is 0 Å². The molecule has 1 fully saturated rings. The number of carbonyl (C=O) groups excluding carboxylic acids is 1. The van der Waals surface area contributed by atoms with Crippen LogP contribution in [0, 0.1) is 0 Å². The Kier molecular flexibility index (Phi) is 5.22. The number of rotatable bonds is 4. The van der Waals surface area contributed by atoms with Crippen molar-refractivity contribution in [2.75, 3.05) is 46.8 Å². The summed E-state index contributed by atoms with van der Waals surface area (Å²) in [6, 6.07) is 5.62. The largest absolute Gasteiger partial charge is 0.449 e. The first-order valence-electron chi connectivity index (χ1n) is 9.16. The van der Waals surface area contributed by atoms with Gasteiger partial charge in [-0.3, -0.25) is 19.4 Å². The fraction of sp³-hybridized carbons (Fsp3) is 0.421. The molecule has 0 atom stereocenters. The fourth-order valence-electron chi connectivity index (χ4n) is 3.40. The van der Waals surface area contributed by atoms with Gasteiger partial charge < -0.3 is 14.3 Å². The first kappa shape index (κ1) is 19.1. The van der Waals surface area contributed by atoms with E-state index in [0.717, 1.165) is 36.0 Å². The number of furan rings is 1. The van der Waals surface area contributed by atoms with Crippen LogP contribution in [0.1, 0.15) is 5.82 Å². The summed E-state index contributed by atoms with van der Waals surface area (Å²) in [5, 5.41) is 0.823. The third-order valence-corrected chi connectivity index (χ3v) is 5.52. The second-order valence-electron chi connectivity index (χ2n) is 7.27. The molecule has 148 valence electrons. The molecule has 0 bridgehead atoms. The first-order valence-corrected chi connectivity index (χ1v) is 9.96. The lowest BCUT2D eigenvalue weighted by molar-refractivity contribution is -0.130. The number of halogens is 1. The fourth-order valence-corrected chi connectivity index (χ4v) is 3.76. The number of hydrogen-bond donors (Lipinski definition) is 1. The zero-order chi connectivity index (χ0) is 19.8. The molecule has 28 heavy (non-hydrogen) atoms. The molecule has 0 unspecified atom stereocenters. The topological polar surface area (TPSA) is 85.7 Å².